The Balaban J connectivity index is 1.91. The van der Waals surface area contributed by atoms with E-state index in [1.54, 1.807) is 6.07 Å². The molecule has 18 heavy (non-hydrogen) atoms. The van der Waals surface area contributed by atoms with Crippen LogP contribution in [-0.2, 0) is 0 Å². The summed E-state index contributed by atoms with van der Waals surface area (Å²) in [7, 11) is 0. The number of carbonyl (C=O) groups is 1. The molecular weight excluding hydrogens is 228 g/mol. The largest absolute Gasteiger partial charge is 0.490 e. The molecule has 1 heterocycles. The first-order valence-electron chi connectivity index (χ1n) is 7.03. The van der Waals surface area contributed by atoms with Crippen molar-refractivity contribution in [2.24, 2.45) is 0 Å². The molecular formula is C15H24O3. The van der Waals surface area contributed by atoms with E-state index in [0.29, 0.717) is 24.4 Å². The molecule has 0 atom stereocenters. The van der Waals surface area contributed by atoms with Gasteiger partial charge in [0.1, 0.15) is 6.26 Å². The number of unbranched alkanes of at least 4 members (excludes halogenated alkanes) is 7. The third kappa shape index (κ3) is 6.48. The summed E-state index contributed by atoms with van der Waals surface area (Å²) in [6.45, 7) is 2.94. The number of rotatable bonds is 11. The monoisotopic (exact) mass is 252 g/mol. The van der Waals surface area contributed by atoms with Crippen LogP contribution in [0.3, 0.4) is 0 Å². The van der Waals surface area contributed by atoms with Crippen LogP contribution in [0.4, 0.5) is 0 Å². The highest BCUT2D eigenvalue weighted by Crippen LogP contribution is 2.15. The first-order chi connectivity index (χ1) is 8.86. The Hall–Kier alpha value is -1.25. The van der Waals surface area contributed by atoms with Gasteiger partial charge >= 0.3 is 0 Å². The van der Waals surface area contributed by atoms with Gasteiger partial charge in [-0.1, -0.05) is 51.9 Å². The molecule has 0 aromatic carbocycles. The third-order valence-corrected chi connectivity index (χ3v) is 2.98. The van der Waals surface area contributed by atoms with Crippen molar-refractivity contribution in [3.63, 3.8) is 0 Å². The SMILES string of the molecule is CCCCCCCCCCOc1coc(C=O)c1. The van der Waals surface area contributed by atoms with E-state index in [2.05, 4.69) is 6.92 Å². The molecule has 1 aromatic rings. The summed E-state index contributed by atoms with van der Waals surface area (Å²) in [5.41, 5.74) is 0. The summed E-state index contributed by atoms with van der Waals surface area (Å²) in [6, 6.07) is 1.62. The van der Waals surface area contributed by atoms with Crippen LogP contribution in [0.2, 0.25) is 0 Å². The lowest BCUT2D eigenvalue weighted by molar-refractivity contribution is 0.110. The average Bonchev–Trinajstić information content (AvgIpc) is 2.85. The Morgan fingerprint density at radius 3 is 2.39 bits per heavy atom. The van der Waals surface area contributed by atoms with E-state index in [1.807, 2.05) is 0 Å². The number of carbonyl (C=O) groups excluding carboxylic acids is 1. The summed E-state index contributed by atoms with van der Waals surface area (Å²) in [6.07, 6.45) is 12.5. The summed E-state index contributed by atoms with van der Waals surface area (Å²) in [5.74, 6) is 0.973. The molecule has 0 spiro atoms. The molecule has 102 valence electrons. The molecule has 0 saturated heterocycles. The van der Waals surface area contributed by atoms with E-state index in [1.165, 1.54) is 51.2 Å². The van der Waals surface area contributed by atoms with E-state index in [0.717, 1.165) is 6.42 Å². The maximum absolute atomic E-state index is 10.4. The van der Waals surface area contributed by atoms with Gasteiger partial charge in [0.05, 0.1) is 6.61 Å². The van der Waals surface area contributed by atoms with Gasteiger partial charge in [-0.3, -0.25) is 4.79 Å². The number of furan rings is 1. The molecule has 0 radical (unpaired) electrons. The Morgan fingerprint density at radius 2 is 1.78 bits per heavy atom. The van der Waals surface area contributed by atoms with E-state index in [4.69, 9.17) is 9.15 Å². The van der Waals surface area contributed by atoms with Gasteiger partial charge in [0, 0.05) is 6.07 Å². The molecule has 0 aliphatic rings. The minimum atomic E-state index is 0.320. The minimum Gasteiger partial charge on any atom is -0.490 e. The van der Waals surface area contributed by atoms with Gasteiger partial charge < -0.3 is 9.15 Å². The van der Waals surface area contributed by atoms with Crippen molar-refractivity contribution >= 4 is 6.29 Å². The second-order valence-electron chi connectivity index (χ2n) is 4.63. The van der Waals surface area contributed by atoms with Crippen LogP contribution >= 0.6 is 0 Å². The van der Waals surface area contributed by atoms with Crippen LogP contribution in [0.15, 0.2) is 16.7 Å². The highest BCUT2D eigenvalue weighted by molar-refractivity contribution is 5.71. The van der Waals surface area contributed by atoms with Crippen molar-refractivity contribution in [3.8, 4) is 5.75 Å². The Kier molecular flexibility index (Phi) is 8.02. The highest BCUT2D eigenvalue weighted by Gasteiger charge is 2.00. The molecule has 0 aliphatic carbocycles. The Labute approximate surface area is 110 Å². The average molecular weight is 252 g/mol. The summed E-state index contributed by atoms with van der Waals surface area (Å²) < 4.78 is 10.4. The summed E-state index contributed by atoms with van der Waals surface area (Å²) in [5, 5.41) is 0. The fourth-order valence-electron chi connectivity index (χ4n) is 1.90. The van der Waals surface area contributed by atoms with Crippen molar-refractivity contribution in [3.05, 3.63) is 18.1 Å². The highest BCUT2D eigenvalue weighted by atomic mass is 16.5. The zero-order valence-corrected chi connectivity index (χ0v) is 11.3. The molecule has 0 aliphatic heterocycles. The van der Waals surface area contributed by atoms with Crippen molar-refractivity contribution in [2.75, 3.05) is 6.61 Å². The van der Waals surface area contributed by atoms with Crippen molar-refractivity contribution in [2.45, 2.75) is 58.3 Å². The standard InChI is InChI=1S/C15H24O3/c1-2-3-4-5-6-7-8-9-10-17-15-11-14(12-16)18-13-15/h11-13H,2-10H2,1H3. The molecule has 0 amide bonds. The molecule has 0 unspecified atom stereocenters. The van der Waals surface area contributed by atoms with Crippen LogP contribution in [0, 0.1) is 0 Å². The van der Waals surface area contributed by atoms with Gasteiger partial charge in [0.2, 0.25) is 0 Å². The summed E-state index contributed by atoms with van der Waals surface area (Å²) >= 11 is 0. The maximum atomic E-state index is 10.4. The van der Waals surface area contributed by atoms with Gasteiger partial charge in [-0.25, -0.2) is 0 Å². The zero-order chi connectivity index (χ0) is 13.1. The second kappa shape index (κ2) is 9.75. The normalized spacial score (nSPS) is 10.5. The second-order valence-corrected chi connectivity index (χ2v) is 4.63. The van der Waals surface area contributed by atoms with Crippen LogP contribution in [0.5, 0.6) is 5.75 Å². The van der Waals surface area contributed by atoms with E-state index in [-0.39, 0.29) is 0 Å². The van der Waals surface area contributed by atoms with Crippen LogP contribution in [0.25, 0.3) is 0 Å². The van der Waals surface area contributed by atoms with Crippen molar-refractivity contribution in [1.82, 2.24) is 0 Å². The van der Waals surface area contributed by atoms with Crippen LogP contribution < -0.4 is 4.74 Å². The lowest BCUT2D eigenvalue weighted by Gasteiger charge is -2.03. The molecule has 0 bridgehead atoms. The van der Waals surface area contributed by atoms with E-state index >= 15 is 0 Å². The Bertz CT molecular complexity index is 317. The molecule has 1 rings (SSSR count). The quantitative estimate of drug-likeness (QED) is 0.426. The zero-order valence-electron chi connectivity index (χ0n) is 11.3. The topological polar surface area (TPSA) is 39.4 Å². The minimum absolute atomic E-state index is 0.320. The third-order valence-electron chi connectivity index (χ3n) is 2.98. The van der Waals surface area contributed by atoms with Crippen LogP contribution in [-0.4, -0.2) is 12.9 Å². The number of hydrogen-bond donors (Lipinski definition) is 0. The fraction of sp³-hybridized carbons (Fsp3) is 0.667. The maximum Gasteiger partial charge on any atom is 0.185 e. The van der Waals surface area contributed by atoms with Crippen molar-refractivity contribution < 1.29 is 13.9 Å². The fourth-order valence-corrected chi connectivity index (χ4v) is 1.90. The lowest BCUT2D eigenvalue weighted by atomic mass is 10.1. The van der Waals surface area contributed by atoms with Gasteiger partial charge in [0.15, 0.2) is 17.8 Å². The van der Waals surface area contributed by atoms with E-state index in [9.17, 15) is 4.79 Å². The number of hydrogen-bond acceptors (Lipinski definition) is 3. The smallest absolute Gasteiger partial charge is 0.185 e. The molecule has 3 nitrogen and oxygen atoms in total. The van der Waals surface area contributed by atoms with Crippen molar-refractivity contribution in [1.29, 1.82) is 0 Å². The molecule has 3 heteroatoms. The van der Waals surface area contributed by atoms with Gasteiger partial charge in [0.25, 0.3) is 0 Å². The van der Waals surface area contributed by atoms with Gasteiger partial charge in [-0.2, -0.15) is 0 Å². The van der Waals surface area contributed by atoms with E-state index < -0.39 is 0 Å². The lowest BCUT2D eigenvalue weighted by Crippen LogP contribution is -1.96. The van der Waals surface area contributed by atoms with Gasteiger partial charge in [-0.05, 0) is 6.42 Å². The predicted octanol–water partition coefficient (Wildman–Crippen LogP) is 4.61. The molecule has 0 fully saturated rings. The molecule has 0 saturated carbocycles. The van der Waals surface area contributed by atoms with Crippen LogP contribution in [0.1, 0.15) is 68.8 Å². The molecule has 0 N–H and O–H groups in total. The predicted molar refractivity (Wildman–Crippen MR) is 72.2 cm³/mol. The first kappa shape index (κ1) is 14.8. The number of aldehydes is 1. The molecule has 1 aromatic heterocycles. The Morgan fingerprint density at radius 1 is 1.11 bits per heavy atom. The number of ether oxygens (including phenoxy) is 1. The first-order valence-corrected chi connectivity index (χ1v) is 7.03. The van der Waals surface area contributed by atoms with Gasteiger partial charge in [-0.15, -0.1) is 0 Å². The summed E-state index contributed by atoms with van der Waals surface area (Å²) in [4.78, 5) is 10.4.